The maximum absolute atomic E-state index is 12.9. The molecule has 0 unspecified atom stereocenters. The number of aryl methyl sites for hydroxylation is 1. The highest BCUT2D eigenvalue weighted by molar-refractivity contribution is 9.10. The van der Waals surface area contributed by atoms with Gasteiger partial charge in [-0.05, 0) is 92.4 Å². The second-order valence-electron chi connectivity index (χ2n) is 8.62. The van der Waals surface area contributed by atoms with Crippen molar-refractivity contribution in [1.82, 2.24) is 4.90 Å². The second kappa shape index (κ2) is 11.2. The summed E-state index contributed by atoms with van der Waals surface area (Å²) in [6.45, 7) is 2.85. The Morgan fingerprint density at radius 1 is 0.919 bits per heavy atom. The molecule has 5 rings (SSSR count). The Balaban J connectivity index is 1.22. The van der Waals surface area contributed by atoms with Crippen LogP contribution in [0, 0.1) is 6.92 Å². The van der Waals surface area contributed by atoms with Crippen LogP contribution in [0.4, 0.5) is 4.79 Å². The molecule has 186 valence electrons. The number of hydrogen-bond donors (Lipinski definition) is 0. The number of thioether (sulfide) groups is 1. The standard InChI is InChI=1S/C30H24BrNO4S/c1-20-6-4-10-24(16-20)35-15-14-32-29(33)28(37-30(32)34)18-21-12-13-27(26(31)17-21)36-19-23-9-5-8-22-7-2-3-11-25(22)23/h2-13,16-18H,14-15,19H2,1H3/b28-18-. The molecular formula is C30H24BrNO4S. The van der Waals surface area contributed by atoms with Crippen LogP contribution in [-0.2, 0) is 11.4 Å². The Kier molecular flexibility index (Phi) is 7.63. The lowest BCUT2D eigenvalue weighted by molar-refractivity contribution is -0.123. The highest BCUT2D eigenvalue weighted by Gasteiger charge is 2.34. The summed E-state index contributed by atoms with van der Waals surface area (Å²) in [6, 6.07) is 27.7. The molecule has 1 fully saturated rings. The van der Waals surface area contributed by atoms with E-state index in [4.69, 9.17) is 9.47 Å². The molecule has 7 heteroatoms. The fourth-order valence-electron chi connectivity index (χ4n) is 4.10. The number of rotatable bonds is 8. The zero-order valence-corrected chi connectivity index (χ0v) is 22.6. The first-order valence-electron chi connectivity index (χ1n) is 11.8. The van der Waals surface area contributed by atoms with E-state index in [1.54, 1.807) is 6.08 Å². The zero-order valence-electron chi connectivity index (χ0n) is 20.1. The lowest BCUT2D eigenvalue weighted by Gasteiger charge is -2.13. The van der Waals surface area contributed by atoms with E-state index in [1.807, 2.05) is 67.6 Å². The van der Waals surface area contributed by atoms with Crippen molar-refractivity contribution in [2.45, 2.75) is 13.5 Å². The van der Waals surface area contributed by atoms with Crippen LogP contribution in [0.2, 0.25) is 0 Å². The van der Waals surface area contributed by atoms with Crippen LogP contribution in [0.5, 0.6) is 11.5 Å². The van der Waals surface area contributed by atoms with Crippen LogP contribution in [0.15, 0.2) is 94.3 Å². The highest BCUT2D eigenvalue weighted by atomic mass is 79.9. The van der Waals surface area contributed by atoms with E-state index < -0.39 is 0 Å². The average Bonchev–Trinajstić information content (AvgIpc) is 3.15. The lowest BCUT2D eigenvalue weighted by atomic mass is 10.1. The predicted octanol–water partition coefficient (Wildman–Crippen LogP) is 7.61. The van der Waals surface area contributed by atoms with Crippen molar-refractivity contribution < 1.29 is 19.1 Å². The fourth-order valence-corrected chi connectivity index (χ4v) is 5.48. The largest absolute Gasteiger partial charge is 0.492 e. The molecule has 0 aromatic heterocycles. The van der Waals surface area contributed by atoms with E-state index in [-0.39, 0.29) is 24.3 Å². The van der Waals surface area contributed by atoms with E-state index in [9.17, 15) is 9.59 Å². The quantitative estimate of drug-likeness (QED) is 0.203. The third kappa shape index (κ3) is 5.89. The van der Waals surface area contributed by atoms with E-state index in [1.165, 1.54) is 10.3 Å². The van der Waals surface area contributed by atoms with Crippen LogP contribution in [0.3, 0.4) is 0 Å². The topological polar surface area (TPSA) is 55.8 Å². The molecule has 0 radical (unpaired) electrons. The van der Waals surface area contributed by atoms with Gasteiger partial charge in [-0.1, -0.05) is 60.7 Å². The molecule has 0 saturated carbocycles. The number of fused-ring (bicyclic) bond motifs is 1. The monoisotopic (exact) mass is 573 g/mol. The first-order chi connectivity index (χ1) is 18.0. The van der Waals surface area contributed by atoms with Gasteiger partial charge >= 0.3 is 0 Å². The smallest absolute Gasteiger partial charge is 0.293 e. The number of carbonyl (C=O) groups is 2. The molecule has 0 N–H and O–H groups in total. The molecular weight excluding hydrogens is 550 g/mol. The number of halogens is 1. The number of amides is 2. The Bertz CT molecular complexity index is 1510. The van der Waals surface area contributed by atoms with Crippen LogP contribution in [0.1, 0.15) is 16.7 Å². The summed E-state index contributed by atoms with van der Waals surface area (Å²) in [6.07, 6.45) is 1.73. The minimum Gasteiger partial charge on any atom is -0.492 e. The van der Waals surface area contributed by atoms with Gasteiger partial charge in [-0.2, -0.15) is 0 Å². The van der Waals surface area contributed by atoms with Gasteiger partial charge in [0, 0.05) is 0 Å². The van der Waals surface area contributed by atoms with Crippen LogP contribution in [-0.4, -0.2) is 29.2 Å². The Morgan fingerprint density at radius 2 is 1.73 bits per heavy atom. The summed E-state index contributed by atoms with van der Waals surface area (Å²) in [4.78, 5) is 26.9. The number of nitrogens with zero attached hydrogens (tertiary/aromatic N) is 1. The molecule has 2 amide bonds. The molecule has 5 nitrogen and oxygen atoms in total. The Morgan fingerprint density at radius 3 is 2.57 bits per heavy atom. The van der Waals surface area contributed by atoms with Crippen molar-refractivity contribution in [3.63, 3.8) is 0 Å². The van der Waals surface area contributed by atoms with E-state index in [2.05, 4.69) is 40.2 Å². The highest BCUT2D eigenvalue weighted by Crippen LogP contribution is 2.34. The average molecular weight is 574 g/mol. The van der Waals surface area contributed by atoms with Crippen LogP contribution >= 0.6 is 27.7 Å². The number of ether oxygens (including phenoxy) is 2. The molecule has 4 aromatic carbocycles. The molecule has 0 spiro atoms. The zero-order chi connectivity index (χ0) is 25.8. The third-order valence-corrected chi connectivity index (χ3v) is 7.49. The van der Waals surface area contributed by atoms with Gasteiger partial charge in [0.2, 0.25) is 0 Å². The van der Waals surface area contributed by atoms with Crippen molar-refractivity contribution in [2.24, 2.45) is 0 Å². The molecule has 1 saturated heterocycles. The van der Waals surface area contributed by atoms with Gasteiger partial charge in [-0.25, -0.2) is 0 Å². The maximum atomic E-state index is 12.9. The normalized spacial score (nSPS) is 14.5. The molecule has 0 aliphatic carbocycles. The lowest BCUT2D eigenvalue weighted by Crippen LogP contribution is -2.32. The van der Waals surface area contributed by atoms with Crippen LogP contribution in [0.25, 0.3) is 16.8 Å². The van der Waals surface area contributed by atoms with Crippen molar-refractivity contribution in [1.29, 1.82) is 0 Å². The van der Waals surface area contributed by atoms with Crippen molar-refractivity contribution >= 4 is 55.7 Å². The number of carbonyl (C=O) groups excluding carboxylic acids is 2. The first-order valence-corrected chi connectivity index (χ1v) is 13.4. The summed E-state index contributed by atoms with van der Waals surface area (Å²) < 4.78 is 12.6. The SMILES string of the molecule is Cc1cccc(OCCN2C(=O)S/C(=C\c3ccc(OCc4cccc5ccccc45)c(Br)c3)C2=O)c1. The maximum Gasteiger partial charge on any atom is 0.293 e. The second-order valence-corrected chi connectivity index (χ2v) is 10.5. The summed E-state index contributed by atoms with van der Waals surface area (Å²) in [5.74, 6) is 1.11. The van der Waals surface area contributed by atoms with Gasteiger partial charge in [0.1, 0.15) is 24.7 Å². The minimum atomic E-state index is -0.310. The van der Waals surface area contributed by atoms with Gasteiger partial charge in [-0.3, -0.25) is 14.5 Å². The number of hydrogen-bond acceptors (Lipinski definition) is 5. The first kappa shape index (κ1) is 25.1. The minimum absolute atomic E-state index is 0.195. The molecule has 0 atom stereocenters. The Labute approximate surface area is 228 Å². The molecule has 37 heavy (non-hydrogen) atoms. The summed E-state index contributed by atoms with van der Waals surface area (Å²) in [7, 11) is 0. The van der Waals surface area contributed by atoms with E-state index in [0.717, 1.165) is 44.1 Å². The van der Waals surface area contributed by atoms with Crippen molar-refractivity contribution in [3.8, 4) is 11.5 Å². The fraction of sp³-hybridized carbons (Fsp3) is 0.133. The molecule has 1 aliphatic rings. The Hall–Kier alpha value is -3.55. The molecule has 1 heterocycles. The van der Waals surface area contributed by atoms with Gasteiger partial charge in [-0.15, -0.1) is 0 Å². The molecule has 0 bridgehead atoms. The van der Waals surface area contributed by atoms with Crippen molar-refractivity contribution in [2.75, 3.05) is 13.2 Å². The van der Waals surface area contributed by atoms with E-state index in [0.29, 0.717) is 17.3 Å². The van der Waals surface area contributed by atoms with E-state index >= 15 is 0 Å². The van der Waals surface area contributed by atoms with Gasteiger partial charge < -0.3 is 9.47 Å². The van der Waals surface area contributed by atoms with Gasteiger partial charge in [0.15, 0.2) is 0 Å². The number of imide groups is 1. The van der Waals surface area contributed by atoms with Crippen LogP contribution < -0.4 is 9.47 Å². The summed E-state index contributed by atoms with van der Waals surface area (Å²) in [5.41, 5.74) is 2.99. The summed E-state index contributed by atoms with van der Waals surface area (Å²) >= 11 is 4.52. The molecule has 1 aliphatic heterocycles. The molecule has 4 aromatic rings. The third-order valence-electron chi connectivity index (χ3n) is 5.96. The van der Waals surface area contributed by atoms with Gasteiger partial charge in [0.05, 0.1) is 15.9 Å². The summed E-state index contributed by atoms with van der Waals surface area (Å²) in [5, 5.41) is 2.05. The number of benzene rings is 4. The predicted molar refractivity (Wildman–Crippen MR) is 152 cm³/mol. The van der Waals surface area contributed by atoms with Gasteiger partial charge in [0.25, 0.3) is 11.1 Å². The van der Waals surface area contributed by atoms with Crippen molar-refractivity contribution in [3.05, 3.63) is 111 Å².